The number of carbonyl (C=O) groups is 4. The maximum atomic E-state index is 12.1. The Morgan fingerprint density at radius 2 is 1.64 bits per heavy atom. The molecule has 1 fully saturated rings. The van der Waals surface area contributed by atoms with Crippen LogP contribution in [0.5, 0.6) is 0 Å². The SMILES string of the molecule is C[C@H](NC(=O)c1ccccc1)C(=O)O[C@@H](C)C(=O)NC(=O)NC1CCCCC1. The zero-order valence-electron chi connectivity index (χ0n) is 16.2. The lowest BCUT2D eigenvalue weighted by molar-refractivity contribution is -0.155. The summed E-state index contributed by atoms with van der Waals surface area (Å²) < 4.78 is 5.06. The molecule has 1 saturated carbocycles. The highest BCUT2D eigenvalue weighted by molar-refractivity contribution is 5.98. The number of ether oxygens (including phenoxy) is 1. The van der Waals surface area contributed by atoms with Crippen LogP contribution in [0.25, 0.3) is 0 Å². The molecule has 2 atom stereocenters. The number of esters is 1. The van der Waals surface area contributed by atoms with Gasteiger partial charge in [-0.25, -0.2) is 9.59 Å². The molecule has 0 heterocycles. The van der Waals surface area contributed by atoms with Crippen LogP contribution >= 0.6 is 0 Å². The van der Waals surface area contributed by atoms with Crippen molar-refractivity contribution in [2.45, 2.75) is 64.1 Å². The molecule has 0 spiro atoms. The van der Waals surface area contributed by atoms with E-state index in [2.05, 4.69) is 16.0 Å². The third-order valence-corrected chi connectivity index (χ3v) is 4.58. The number of carbonyl (C=O) groups excluding carboxylic acids is 4. The molecule has 28 heavy (non-hydrogen) atoms. The molecule has 8 nitrogen and oxygen atoms in total. The van der Waals surface area contributed by atoms with Gasteiger partial charge >= 0.3 is 12.0 Å². The fourth-order valence-corrected chi connectivity index (χ4v) is 2.94. The maximum Gasteiger partial charge on any atom is 0.329 e. The van der Waals surface area contributed by atoms with Crippen molar-refractivity contribution in [1.29, 1.82) is 0 Å². The normalized spacial score (nSPS) is 16.4. The second-order valence-electron chi connectivity index (χ2n) is 6.94. The van der Waals surface area contributed by atoms with E-state index < -0.39 is 36.0 Å². The molecule has 2 rings (SSSR count). The van der Waals surface area contributed by atoms with E-state index in [1.807, 2.05) is 0 Å². The predicted octanol–water partition coefficient (Wildman–Crippen LogP) is 1.90. The molecule has 3 N–H and O–H groups in total. The molecule has 1 aliphatic carbocycles. The number of imide groups is 1. The summed E-state index contributed by atoms with van der Waals surface area (Å²) >= 11 is 0. The summed E-state index contributed by atoms with van der Waals surface area (Å²) in [6, 6.07) is 6.96. The minimum Gasteiger partial charge on any atom is -0.451 e. The molecule has 1 aromatic rings. The summed E-state index contributed by atoms with van der Waals surface area (Å²) in [5.74, 6) is -1.91. The Bertz CT molecular complexity index is 701. The number of nitrogens with one attached hydrogen (secondary N) is 3. The molecule has 0 unspecified atom stereocenters. The van der Waals surface area contributed by atoms with Crippen molar-refractivity contribution in [3.8, 4) is 0 Å². The molecule has 0 saturated heterocycles. The Labute approximate surface area is 164 Å². The largest absolute Gasteiger partial charge is 0.451 e. The van der Waals surface area contributed by atoms with E-state index in [0.717, 1.165) is 32.1 Å². The van der Waals surface area contributed by atoms with Crippen LogP contribution in [0.2, 0.25) is 0 Å². The highest BCUT2D eigenvalue weighted by Crippen LogP contribution is 2.17. The van der Waals surface area contributed by atoms with Crippen molar-refractivity contribution in [1.82, 2.24) is 16.0 Å². The Balaban J connectivity index is 1.76. The Morgan fingerprint density at radius 3 is 2.29 bits per heavy atom. The Kier molecular flexibility index (Phi) is 7.98. The minimum atomic E-state index is -1.17. The van der Waals surface area contributed by atoms with E-state index in [-0.39, 0.29) is 6.04 Å². The molecular formula is C20H27N3O5. The van der Waals surface area contributed by atoms with Gasteiger partial charge in [0.2, 0.25) is 0 Å². The molecule has 0 aliphatic heterocycles. The Morgan fingerprint density at radius 1 is 1.00 bits per heavy atom. The third-order valence-electron chi connectivity index (χ3n) is 4.58. The van der Waals surface area contributed by atoms with Crippen molar-refractivity contribution in [2.24, 2.45) is 0 Å². The van der Waals surface area contributed by atoms with Crippen molar-refractivity contribution in [3.63, 3.8) is 0 Å². The van der Waals surface area contributed by atoms with E-state index in [1.165, 1.54) is 13.8 Å². The molecule has 4 amide bonds. The smallest absolute Gasteiger partial charge is 0.329 e. The topological polar surface area (TPSA) is 114 Å². The summed E-state index contributed by atoms with van der Waals surface area (Å²) in [4.78, 5) is 48.1. The monoisotopic (exact) mass is 389 g/mol. The second kappa shape index (κ2) is 10.4. The van der Waals surface area contributed by atoms with Crippen molar-refractivity contribution < 1.29 is 23.9 Å². The zero-order valence-corrected chi connectivity index (χ0v) is 16.2. The first kappa shape index (κ1) is 21.4. The van der Waals surface area contributed by atoms with Crippen molar-refractivity contribution in [2.75, 3.05) is 0 Å². The molecule has 0 bridgehead atoms. The van der Waals surface area contributed by atoms with Gasteiger partial charge in [-0.15, -0.1) is 0 Å². The molecular weight excluding hydrogens is 362 g/mol. The van der Waals surface area contributed by atoms with Gasteiger partial charge < -0.3 is 15.4 Å². The van der Waals surface area contributed by atoms with Gasteiger partial charge in [-0.05, 0) is 38.8 Å². The summed E-state index contributed by atoms with van der Waals surface area (Å²) in [6.45, 7) is 2.83. The van der Waals surface area contributed by atoms with Crippen LogP contribution in [0.15, 0.2) is 30.3 Å². The van der Waals surface area contributed by atoms with Gasteiger partial charge in [0.05, 0.1) is 0 Å². The number of hydrogen-bond acceptors (Lipinski definition) is 5. The average Bonchev–Trinajstić information content (AvgIpc) is 2.69. The number of amides is 4. The lowest BCUT2D eigenvalue weighted by Crippen LogP contribution is -2.49. The van der Waals surface area contributed by atoms with Crippen molar-refractivity contribution >= 4 is 23.8 Å². The van der Waals surface area contributed by atoms with Gasteiger partial charge in [0.15, 0.2) is 6.10 Å². The number of hydrogen-bond donors (Lipinski definition) is 3. The average molecular weight is 389 g/mol. The van der Waals surface area contributed by atoms with E-state index in [9.17, 15) is 19.2 Å². The molecule has 152 valence electrons. The standard InChI is InChI=1S/C20H27N3O5/c1-13(21-18(25)15-9-5-3-6-10-15)19(26)28-14(2)17(24)23-20(27)22-16-11-7-4-8-12-16/h3,5-6,9-10,13-14,16H,4,7-8,11-12H2,1-2H3,(H,21,25)(H2,22,23,24,27)/t13-,14-/m0/s1. The Hall–Kier alpha value is -2.90. The number of rotatable bonds is 6. The number of urea groups is 1. The van der Waals surface area contributed by atoms with Gasteiger partial charge in [0, 0.05) is 11.6 Å². The lowest BCUT2D eigenvalue weighted by atomic mass is 9.96. The van der Waals surface area contributed by atoms with Gasteiger partial charge in [-0.1, -0.05) is 37.5 Å². The molecule has 1 aliphatic rings. The molecule has 8 heteroatoms. The first-order valence-electron chi connectivity index (χ1n) is 9.54. The second-order valence-corrected chi connectivity index (χ2v) is 6.94. The van der Waals surface area contributed by atoms with Crippen LogP contribution in [0.3, 0.4) is 0 Å². The zero-order chi connectivity index (χ0) is 20.5. The van der Waals surface area contributed by atoms with Crippen molar-refractivity contribution in [3.05, 3.63) is 35.9 Å². The van der Waals surface area contributed by atoms with Gasteiger partial charge in [-0.3, -0.25) is 14.9 Å². The van der Waals surface area contributed by atoms with Gasteiger partial charge in [0.25, 0.3) is 11.8 Å². The minimum absolute atomic E-state index is 0.0626. The van der Waals surface area contributed by atoms with E-state index in [0.29, 0.717) is 5.56 Å². The summed E-state index contributed by atoms with van der Waals surface area (Å²) in [5, 5.41) is 7.45. The lowest BCUT2D eigenvalue weighted by Gasteiger charge is -2.23. The van der Waals surface area contributed by atoms with E-state index in [1.54, 1.807) is 30.3 Å². The fourth-order valence-electron chi connectivity index (χ4n) is 2.94. The van der Waals surface area contributed by atoms with Crippen LogP contribution in [-0.2, 0) is 14.3 Å². The van der Waals surface area contributed by atoms with Crippen LogP contribution in [-0.4, -0.2) is 42.0 Å². The molecule has 0 aromatic heterocycles. The third kappa shape index (κ3) is 6.68. The van der Waals surface area contributed by atoms with Gasteiger partial charge in [-0.2, -0.15) is 0 Å². The maximum absolute atomic E-state index is 12.1. The first-order valence-corrected chi connectivity index (χ1v) is 9.54. The van der Waals surface area contributed by atoms with Crippen LogP contribution < -0.4 is 16.0 Å². The molecule has 1 aromatic carbocycles. The van der Waals surface area contributed by atoms with Crippen LogP contribution in [0.1, 0.15) is 56.3 Å². The van der Waals surface area contributed by atoms with Gasteiger partial charge in [0.1, 0.15) is 6.04 Å². The van der Waals surface area contributed by atoms with E-state index in [4.69, 9.17) is 4.74 Å². The fraction of sp³-hybridized carbons (Fsp3) is 0.500. The van der Waals surface area contributed by atoms with E-state index >= 15 is 0 Å². The summed E-state index contributed by atoms with van der Waals surface area (Å²) in [7, 11) is 0. The first-order chi connectivity index (χ1) is 13.4. The van der Waals surface area contributed by atoms with Crippen LogP contribution in [0.4, 0.5) is 4.79 Å². The summed E-state index contributed by atoms with van der Waals surface area (Å²) in [5.41, 5.74) is 0.410. The highest BCUT2D eigenvalue weighted by atomic mass is 16.5. The quantitative estimate of drug-likeness (QED) is 0.643. The summed E-state index contributed by atoms with van der Waals surface area (Å²) in [6.07, 6.45) is 3.89. The number of benzene rings is 1. The highest BCUT2D eigenvalue weighted by Gasteiger charge is 2.25. The van der Waals surface area contributed by atoms with Crippen LogP contribution in [0, 0.1) is 0 Å². The molecule has 0 radical (unpaired) electrons. The predicted molar refractivity (Wildman–Crippen MR) is 102 cm³/mol.